The number of esters is 5. The molecule has 0 spiro atoms. The first-order chi connectivity index (χ1) is 14.5. The molecule has 1 fully saturated rings. The molecule has 0 radical (unpaired) electrons. The van der Waals surface area contributed by atoms with E-state index in [0.29, 0.717) is 0 Å². The minimum absolute atomic E-state index is 0.102. The zero-order valence-electron chi connectivity index (χ0n) is 18.3. The predicted octanol–water partition coefficient (Wildman–Crippen LogP) is 0.0377. The Morgan fingerprint density at radius 1 is 0.774 bits per heavy atom. The van der Waals surface area contributed by atoms with Crippen molar-refractivity contribution in [3.8, 4) is 0 Å². The van der Waals surface area contributed by atoms with E-state index in [9.17, 15) is 24.0 Å². The SMILES string of the molecule is CCOC(=O)C(C)O[C@H]1OC(COC(C)=O)[C@@H](OC(C)=O)C(OC(C)=O)C1OC(C)=O. The van der Waals surface area contributed by atoms with Gasteiger partial charge in [0.1, 0.15) is 12.7 Å². The molecule has 12 nitrogen and oxygen atoms in total. The molecule has 0 bridgehead atoms. The van der Waals surface area contributed by atoms with E-state index >= 15 is 0 Å². The summed E-state index contributed by atoms with van der Waals surface area (Å²) in [4.78, 5) is 58.3. The summed E-state index contributed by atoms with van der Waals surface area (Å²) in [6, 6.07) is 0. The average Bonchev–Trinajstić information content (AvgIpc) is 2.63. The number of ether oxygens (including phenoxy) is 7. The lowest BCUT2D eigenvalue weighted by atomic mass is 9.98. The fourth-order valence-electron chi connectivity index (χ4n) is 2.81. The van der Waals surface area contributed by atoms with E-state index in [1.165, 1.54) is 6.92 Å². The first kappa shape index (κ1) is 26.3. The van der Waals surface area contributed by atoms with Crippen molar-refractivity contribution < 1.29 is 57.1 Å². The van der Waals surface area contributed by atoms with Crippen molar-refractivity contribution in [3.63, 3.8) is 0 Å². The minimum atomic E-state index is -1.44. The molecule has 0 aromatic heterocycles. The molecule has 0 aromatic carbocycles. The first-order valence-corrected chi connectivity index (χ1v) is 9.58. The Hall–Kier alpha value is -2.73. The molecular formula is C19H28O12. The van der Waals surface area contributed by atoms with E-state index in [4.69, 9.17) is 33.2 Å². The summed E-state index contributed by atoms with van der Waals surface area (Å²) in [5.41, 5.74) is 0. The van der Waals surface area contributed by atoms with Gasteiger partial charge in [0.2, 0.25) is 0 Å². The Morgan fingerprint density at radius 2 is 1.29 bits per heavy atom. The number of rotatable bonds is 9. The van der Waals surface area contributed by atoms with Crippen LogP contribution in [-0.4, -0.2) is 79.9 Å². The van der Waals surface area contributed by atoms with Crippen LogP contribution >= 0.6 is 0 Å². The molecule has 4 unspecified atom stereocenters. The highest BCUT2D eigenvalue weighted by Gasteiger charge is 2.53. The first-order valence-electron chi connectivity index (χ1n) is 9.58. The molecule has 1 aliphatic rings. The smallest absolute Gasteiger partial charge is 0.335 e. The summed E-state index contributed by atoms with van der Waals surface area (Å²) >= 11 is 0. The van der Waals surface area contributed by atoms with Crippen LogP contribution in [0.1, 0.15) is 41.5 Å². The quantitative estimate of drug-likeness (QED) is 0.346. The van der Waals surface area contributed by atoms with Crippen molar-refractivity contribution in [2.75, 3.05) is 13.2 Å². The highest BCUT2D eigenvalue weighted by atomic mass is 16.7. The zero-order chi connectivity index (χ0) is 23.7. The predicted molar refractivity (Wildman–Crippen MR) is 99.1 cm³/mol. The van der Waals surface area contributed by atoms with Gasteiger partial charge in [-0.15, -0.1) is 0 Å². The maximum Gasteiger partial charge on any atom is 0.335 e. The van der Waals surface area contributed by atoms with E-state index in [1.54, 1.807) is 6.92 Å². The van der Waals surface area contributed by atoms with Gasteiger partial charge in [-0.3, -0.25) is 19.2 Å². The van der Waals surface area contributed by atoms with Crippen molar-refractivity contribution in [1.29, 1.82) is 0 Å². The molecule has 1 heterocycles. The molecule has 1 saturated heterocycles. The van der Waals surface area contributed by atoms with E-state index in [2.05, 4.69) is 0 Å². The lowest BCUT2D eigenvalue weighted by molar-refractivity contribution is -0.314. The molecule has 1 rings (SSSR count). The molecule has 12 heteroatoms. The molecular weight excluding hydrogens is 420 g/mol. The Kier molecular flexibility index (Phi) is 10.4. The van der Waals surface area contributed by atoms with Gasteiger partial charge in [-0.1, -0.05) is 0 Å². The summed E-state index contributed by atoms with van der Waals surface area (Å²) in [5.74, 6) is -3.66. The second-order valence-electron chi connectivity index (χ2n) is 6.60. The van der Waals surface area contributed by atoms with Crippen molar-refractivity contribution >= 4 is 29.8 Å². The minimum Gasteiger partial charge on any atom is -0.464 e. The van der Waals surface area contributed by atoms with E-state index in [0.717, 1.165) is 27.7 Å². The second-order valence-corrected chi connectivity index (χ2v) is 6.60. The third-order valence-corrected chi connectivity index (χ3v) is 3.90. The average molecular weight is 448 g/mol. The molecule has 176 valence electrons. The van der Waals surface area contributed by atoms with Crippen molar-refractivity contribution in [3.05, 3.63) is 0 Å². The van der Waals surface area contributed by atoms with Gasteiger partial charge in [-0.2, -0.15) is 0 Å². The van der Waals surface area contributed by atoms with Gasteiger partial charge in [0.15, 0.2) is 30.7 Å². The normalized spacial score (nSPS) is 26.2. The largest absolute Gasteiger partial charge is 0.464 e. The van der Waals surface area contributed by atoms with Crippen LogP contribution < -0.4 is 0 Å². The fraction of sp³-hybridized carbons (Fsp3) is 0.737. The topological polar surface area (TPSA) is 150 Å². The Bertz CT molecular complexity index is 675. The van der Waals surface area contributed by atoms with Crippen LogP contribution in [0.25, 0.3) is 0 Å². The van der Waals surface area contributed by atoms with Gasteiger partial charge in [-0.05, 0) is 13.8 Å². The summed E-state index contributed by atoms with van der Waals surface area (Å²) in [7, 11) is 0. The van der Waals surface area contributed by atoms with Crippen molar-refractivity contribution in [2.45, 2.75) is 78.4 Å². The molecule has 0 aliphatic carbocycles. The van der Waals surface area contributed by atoms with Gasteiger partial charge in [0.05, 0.1) is 6.61 Å². The van der Waals surface area contributed by atoms with Gasteiger partial charge in [0.25, 0.3) is 0 Å². The summed E-state index contributed by atoms with van der Waals surface area (Å²) in [5, 5.41) is 0. The lowest BCUT2D eigenvalue weighted by Gasteiger charge is -2.44. The molecule has 0 amide bonds. The maximum absolute atomic E-state index is 12.0. The van der Waals surface area contributed by atoms with Gasteiger partial charge < -0.3 is 33.2 Å². The number of hydrogen-bond donors (Lipinski definition) is 0. The highest BCUT2D eigenvalue weighted by Crippen LogP contribution is 2.30. The maximum atomic E-state index is 12.0. The number of carbonyl (C=O) groups is 5. The van der Waals surface area contributed by atoms with E-state index in [-0.39, 0.29) is 6.61 Å². The number of carbonyl (C=O) groups excluding carboxylic acids is 5. The van der Waals surface area contributed by atoms with E-state index in [1.807, 2.05) is 0 Å². The van der Waals surface area contributed by atoms with Crippen LogP contribution in [0.3, 0.4) is 0 Å². The van der Waals surface area contributed by atoms with Crippen LogP contribution in [0.15, 0.2) is 0 Å². The third-order valence-electron chi connectivity index (χ3n) is 3.90. The molecule has 6 atom stereocenters. The van der Waals surface area contributed by atoms with Crippen LogP contribution in [0.2, 0.25) is 0 Å². The molecule has 0 aromatic rings. The molecule has 0 saturated carbocycles. The summed E-state index contributed by atoms with van der Waals surface area (Å²) in [6.45, 7) is 7.17. The van der Waals surface area contributed by atoms with Gasteiger partial charge >= 0.3 is 29.8 Å². The second kappa shape index (κ2) is 12.2. The van der Waals surface area contributed by atoms with Gasteiger partial charge in [0, 0.05) is 27.7 Å². The summed E-state index contributed by atoms with van der Waals surface area (Å²) < 4.78 is 36.9. The van der Waals surface area contributed by atoms with Crippen LogP contribution in [0, 0.1) is 0 Å². The third kappa shape index (κ3) is 8.50. The fourth-order valence-corrected chi connectivity index (χ4v) is 2.81. The van der Waals surface area contributed by atoms with Crippen LogP contribution in [-0.2, 0) is 57.1 Å². The molecule has 0 N–H and O–H groups in total. The lowest BCUT2D eigenvalue weighted by Crippen LogP contribution is -2.63. The van der Waals surface area contributed by atoms with Crippen LogP contribution in [0.5, 0.6) is 0 Å². The Balaban J connectivity index is 3.32. The monoisotopic (exact) mass is 448 g/mol. The Morgan fingerprint density at radius 3 is 1.77 bits per heavy atom. The van der Waals surface area contributed by atoms with E-state index < -0.39 is 73.3 Å². The summed E-state index contributed by atoms with van der Waals surface area (Å²) in [6.07, 6.45) is -7.85. The standard InChI is InChI=1S/C19H28O12/c1-7-25-18(24)9(2)27-19-17(30-13(6)23)16(29-12(5)22)15(28-11(4)21)14(31-19)8-26-10(3)20/h9,14-17,19H,7-8H2,1-6H3/t9?,14?,15-,16?,17?,19+/m1/s1. The molecule has 1 aliphatic heterocycles. The Labute approximate surface area is 179 Å². The van der Waals surface area contributed by atoms with Gasteiger partial charge in [-0.25, -0.2) is 4.79 Å². The highest BCUT2D eigenvalue weighted by molar-refractivity contribution is 5.74. The van der Waals surface area contributed by atoms with Crippen molar-refractivity contribution in [2.24, 2.45) is 0 Å². The van der Waals surface area contributed by atoms with Crippen molar-refractivity contribution in [1.82, 2.24) is 0 Å². The zero-order valence-corrected chi connectivity index (χ0v) is 18.3. The molecule has 31 heavy (non-hydrogen) atoms. The number of hydrogen-bond acceptors (Lipinski definition) is 12. The van der Waals surface area contributed by atoms with Crippen LogP contribution in [0.4, 0.5) is 0 Å².